The molecule has 0 spiro atoms. The fourth-order valence-electron chi connectivity index (χ4n) is 3.59. The van der Waals surface area contributed by atoms with E-state index in [9.17, 15) is 4.79 Å². The number of rotatable bonds is 11. The van der Waals surface area contributed by atoms with Crippen LogP contribution < -0.4 is 14.8 Å². The number of hydrogen-bond donors (Lipinski definition) is 1. The zero-order chi connectivity index (χ0) is 23.8. The molecule has 0 atom stereocenters. The molecule has 4 aromatic rings. The molecule has 176 valence electrons. The molecule has 0 unspecified atom stereocenters. The summed E-state index contributed by atoms with van der Waals surface area (Å²) in [4.78, 5) is 18.3. The smallest absolute Gasteiger partial charge is 0.251 e. The molecule has 0 radical (unpaired) electrons. The van der Waals surface area contributed by atoms with Gasteiger partial charge in [0, 0.05) is 35.2 Å². The van der Waals surface area contributed by atoms with E-state index >= 15 is 0 Å². The largest absolute Gasteiger partial charge is 0.490 e. The molecule has 34 heavy (non-hydrogen) atoms. The number of nitrogens with zero attached hydrogens (tertiary/aromatic N) is 2. The van der Waals surface area contributed by atoms with Crippen LogP contribution in [-0.2, 0) is 12.2 Å². The van der Waals surface area contributed by atoms with Crippen LogP contribution in [0.4, 0.5) is 0 Å². The lowest BCUT2D eigenvalue weighted by Crippen LogP contribution is -2.25. The minimum atomic E-state index is -0.0760. The molecule has 6 nitrogen and oxygen atoms in total. The van der Waals surface area contributed by atoms with Gasteiger partial charge in [-0.05, 0) is 74.4 Å². The van der Waals surface area contributed by atoms with Crippen molar-refractivity contribution in [3.63, 3.8) is 0 Å². The van der Waals surface area contributed by atoms with Gasteiger partial charge in [0.1, 0.15) is 5.65 Å². The molecule has 7 heteroatoms. The maximum atomic E-state index is 12.6. The summed E-state index contributed by atoms with van der Waals surface area (Å²) in [5.41, 5.74) is 3.72. The van der Waals surface area contributed by atoms with Gasteiger partial charge in [0.15, 0.2) is 11.5 Å². The molecule has 2 aromatic carbocycles. The Balaban J connectivity index is 1.27. The second-order valence-corrected chi connectivity index (χ2v) is 8.71. The third-order valence-corrected chi connectivity index (χ3v) is 6.27. The lowest BCUT2D eigenvalue weighted by Gasteiger charge is -2.12. The first-order valence-electron chi connectivity index (χ1n) is 11.5. The highest BCUT2D eigenvalue weighted by atomic mass is 32.2. The highest BCUT2D eigenvalue weighted by Crippen LogP contribution is 2.28. The molecule has 0 saturated carbocycles. The van der Waals surface area contributed by atoms with Crippen molar-refractivity contribution in [1.82, 2.24) is 14.7 Å². The Morgan fingerprint density at radius 3 is 2.56 bits per heavy atom. The van der Waals surface area contributed by atoms with Gasteiger partial charge in [-0.3, -0.25) is 4.79 Å². The number of benzene rings is 2. The maximum Gasteiger partial charge on any atom is 0.251 e. The SMILES string of the molecule is CCOc1ccc(CCNC(=O)c2ccc(SCc3cn4ccccc4n3)cc2)cc1OCC. The lowest BCUT2D eigenvalue weighted by atomic mass is 10.1. The van der Waals surface area contributed by atoms with Gasteiger partial charge in [-0.2, -0.15) is 0 Å². The molecule has 0 fully saturated rings. The minimum absolute atomic E-state index is 0.0760. The van der Waals surface area contributed by atoms with E-state index in [0.29, 0.717) is 31.7 Å². The van der Waals surface area contributed by atoms with Gasteiger partial charge in [-0.25, -0.2) is 4.98 Å². The van der Waals surface area contributed by atoms with E-state index in [4.69, 9.17) is 9.47 Å². The first-order chi connectivity index (χ1) is 16.7. The summed E-state index contributed by atoms with van der Waals surface area (Å²) >= 11 is 1.70. The first-order valence-corrected chi connectivity index (χ1v) is 12.5. The van der Waals surface area contributed by atoms with Crippen molar-refractivity contribution in [3.8, 4) is 11.5 Å². The van der Waals surface area contributed by atoms with Gasteiger partial charge in [-0.1, -0.05) is 12.1 Å². The quantitative estimate of drug-likeness (QED) is 0.294. The van der Waals surface area contributed by atoms with Crippen molar-refractivity contribution in [2.45, 2.75) is 30.9 Å². The number of aromatic nitrogens is 2. The summed E-state index contributed by atoms with van der Waals surface area (Å²) in [6, 6.07) is 19.6. The Labute approximate surface area is 204 Å². The van der Waals surface area contributed by atoms with Crippen LogP contribution in [0.25, 0.3) is 5.65 Å². The zero-order valence-electron chi connectivity index (χ0n) is 19.5. The van der Waals surface area contributed by atoms with Gasteiger partial charge in [-0.15, -0.1) is 11.8 Å². The number of carbonyl (C=O) groups excluding carboxylic acids is 1. The number of thioether (sulfide) groups is 1. The number of carbonyl (C=O) groups is 1. The topological polar surface area (TPSA) is 64.9 Å². The Bertz CT molecular complexity index is 1200. The molecule has 0 aliphatic carbocycles. The van der Waals surface area contributed by atoms with E-state index in [1.165, 1.54) is 0 Å². The number of nitrogens with one attached hydrogen (secondary N) is 1. The Morgan fingerprint density at radius 2 is 1.79 bits per heavy atom. The van der Waals surface area contributed by atoms with Crippen LogP contribution in [0, 0.1) is 0 Å². The van der Waals surface area contributed by atoms with Gasteiger partial charge in [0.05, 0.1) is 18.9 Å². The van der Waals surface area contributed by atoms with Crippen LogP contribution >= 0.6 is 11.8 Å². The molecule has 1 N–H and O–H groups in total. The first kappa shape index (κ1) is 23.7. The van der Waals surface area contributed by atoms with E-state index in [-0.39, 0.29) is 5.91 Å². The van der Waals surface area contributed by atoms with Crippen LogP contribution in [-0.4, -0.2) is 35.1 Å². The number of pyridine rings is 1. The van der Waals surface area contributed by atoms with Crippen LogP contribution in [0.5, 0.6) is 11.5 Å². The third kappa shape index (κ3) is 6.11. The van der Waals surface area contributed by atoms with Gasteiger partial charge < -0.3 is 19.2 Å². The predicted molar refractivity (Wildman–Crippen MR) is 136 cm³/mol. The summed E-state index contributed by atoms with van der Waals surface area (Å²) < 4.78 is 13.3. The zero-order valence-corrected chi connectivity index (χ0v) is 20.3. The highest BCUT2D eigenvalue weighted by molar-refractivity contribution is 7.98. The fourth-order valence-corrected chi connectivity index (χ4v) is 4.37. The normalized spacial score (nSPS) is 10.9. The van der Waals surface area contributed by atoms with Gasteiger partial charge >= 0.3 is 0 Å². The van der Waals surface area contributed by atoms with E-state index in [1.807, 2.05) is 91.3 Å². The molecular weight excluding hydrogens is 446 g/mol. The molecule has 0 bridgehead atoms. The fraction of sp³-hybridized carbons (Fsp3) is 0.259. The lowest BCUT2D eigenvalue weighted by molar-refractivity contribution is 0.0954. The van der Waals surface area contributed by atoms with Crippen LogP contribution in [0.3, 0.4) is 0 Å². The van der Waals surface area contributed by atoms with Crippen LogP contribution in [0.15, 0.2) is 78.0 Å². The average Bonchev–Trinajstić information content (AvgIpc) is 3.28. The summed E-state index contributed by atoms with van der Waals surface area (Å²) in [6.45, 7) is 5.61. The summed E-state index contributed by atoms with van der Waals surface area (Å²) in [6.07, 6.45) is 4.76. The van der Waals surface area contributed by atoms with Crippen LogP contribution in [0.2, 0.25) is 0 Å². The van der Waals surface area contributed by atoms with Gasteiger partial charge in [0.2, 0.25) is 0 Å². The maximum absolute atomic E-state index is 12.6. The molecule has 0 saturated heterocycles. The molecule has 1 amide bonds. The number of fused-ring (bicyclic) bond motifs is 1. The number of imidazole rings is 1. The standard InChI is InChI=1S/C27H29N3O3S/c1-3-32-24-13-8-20(17-25(24)33-4-2)14-15-28-27(31)21-9-11-23(12-10-21)34-19-22-18-30-16-6-5-7-26(30)29-22/h5-13,16-18H,3-4,14-15,19H2,1-2H3,(H,28,31). The Hall–Kier alpha value is -3.45. The van der Waals surface area contributed by atoms with Gasteiger partial charge in [0.25, 0.3) is 5.91 Å². The monoisotopic (exact) mass is 475 g/mol. The molecular formula is C27H29N3O3S. The molecule has 0 aliphatic heterocycles. The summed E-state index contributed by atoms with van der Waals surface area (Å²) in [5.74, 6) is 2.19. The van der Waals surface area contributed by atoms with Crippen molar-refractivity contribution in [2.75, 3.05) is 19.8 Å². The van der Waals surface area contributed by atoms with E-state index < -0.39 is 0 Å². The van der Waals surface area contributed by atoms with Crippen molar-refractivity contribution in [2.24, 2.45) is 0 Å². The average molecular weight is 476 g/mol. The molecule has 2 heterocycles. The van der Waals surface area contributed by atoms with Crippen molar-refractivity contribution >= 4 is 23.3 Å². The Kier molecular flexibility index (Phi) is 8.09. The number of hydrogen-bond acceptors (Lipinski definition) is 5. The molecule has 0 aliphatic rings. The summed E-state index contributed by atoms with van der Waals surface area (Å²) in [7, 11) is 0. The second kappa shape index (κ2) is 11.6. The van der Waals surface area contributed by atoms with Crippen LogP contribution in [0.1, 0.15) is 35.5 Å². The van der Waals surface area contributed by atoms with E-state index in [1.54, 1.807) is 11.8 Å². The van der Waals surface area contributed by atoms with E-state index in [2.05, 4.69) is 10.3 Å². The second-order valence-electron chi connectivity index (χ2n) is 7.66. The Morgan fingerprint density at radius 1 is 1.00 bits per heavy atom. The molecule has 4 rings (SSSR count). The minimum Gasteiger partial charge on any atom is -0.490 e. The highest BCUT2D eigenvalue weighted by Gasteiger charge is 2.09. The van der Waals surface area contributed by atoms with Crippen molar-refractivity contribution in [1.29, 1.82) is 0 Å². The third-order valence-electron chi connectivity index (χ3n) is 5.22. The summed E-state index contributed by atoms with van der Waals surface area (Å²) in [5, 5.41) is 3.00. The number of amides is 1. The molecule has 2 aromatic heterocycles. The van der Waals surface area contributed by atoms with Crippen molar-refractivity contribution < 1.29 is 14.3 Å². The van der Waals surface area contributed by atoms with E-state index in [0.717, 1.165) is 39.1 Å². The van der Waals surface area contributed by atoms with Crippen molar-refractivity contribution in [3.05, 3.63) is 89.9 Å². The number of ether oxygens (including phenoxy) is 2. The predicted octanol–water partition coefficient (Wildman–Crippen LogP) is 5.40.